The van der Waals surface area contributed by atoms with Crippen molar-refractivity contribution in [3.8, 4) is 0 Å². The standard InChI is InChI=1S/C9H22NO/c1-5-7-10(4,11)8-6-9(2)3/h9,11H,5-8H2,1-4H3/q+1. The van der Waals surface area contributed by atoms with Gasteiger partial charge in [-0.25, -0.2) is 5.21 Å². The molecule has 0 saturated heterocycles. The summed E-state index contributed by atoms with van der Waals surface area (Å²) >= 11 is 0. The Hall–Kier alpha value is -0.0800. The lowest BCUT2D eigenvalue weighted by molar-refractivity contribution is -1.09. The molecule has 0 rings (SSSR count). The zero-order chi connectivity index (χ0) is 8.91. The molecule has 0 spiro atoms. The zero-order valence-corrected chi connectivity index (χ0v) is 8.30. The van der Waals surface area contributed by atoms with Gasteiger partial charge >= 0.3 is 0 Å². The summed E-state index contributed by atoms with van der Waals surface area (Å²) in [6.07, 6.45) is 2.15. The Kier molecular flexibility index (Phi) is 4.69. The van der Waals surface area contributed by atoms with Crippen LogP contribution in [0.3, 0.4) is 0 Å². The molecule has 1 atom stereocenters. The third-order valence-electron chi connectivity index (χ3n) is 1.89. The van der Waals surface area contributed by atoms with Crippen molar-refractivity contribution in [2.24, 2.45) is 5.92 Å². The molecule has 0 bridgehead atoms. The van der Waals surface area contributed by atoms with E-state index in [-0.39, 0.29) is 4.65 Å². The molecule has 68 valence electrons. The molecule has 0 aliphatic carbocycles. The van der Waals surface area contributed by atoms with Crippen molar-refractivity contribution < 1.29 is 9.85 Å². The molecule has 0 aliphatic heterocycles. The molecule has 11 heavy (non-hydrogen) atoms. The SMILES string of the molecule is CCC[N+](C)(O)CCC(C)C. The second-order valence-corrected chi connectivity index (χ2v) is 3.97. The Morgan fingerprint density at radius 2 is 1.82 bits per heavy atom. The van der Waals surface area contributed by atoms with E-state index in [9.17, 15) is 5.21 Å². The van der Waals surface area contributed by atoms with Crippen molar-refractivity contribution in [2.75, 3.05) is 20.1 Å². The fourth-order valence-electron chi connectivity index (χ4n) is 1.13. The molecule has 0 aromatic carbocycles. The van der Waals surface area contributed by atoms with Crippen LogP contribution in [0, 0.1) is 5.92 Å². The lowest BCUT2D eigenvalue weighted by Gasteiger charge is -2.25. The fraction of sp³-hybridized carbons (Fsp3) is 1.00. The van der Waals surface area contributed by atoms with E-state index < -0.39 is 0 Å². The molecule has 2 heteroatoms. The molecular weight excluding hydrogens is 138 g/mol. The van der Waals surface area contributed by atoms with Crippen LogP contribution in [0.5, 0.6) is 0 Å². The molecule has 0 heterocycles. The van der Waals surface area contributed by atoms with E-state index in [0.29, 0.717) is 5.92 Å². The Morgan fingerprint density at radius 3 is 2.18 bits per heavy atom. The maximum Gasteiger partial charge on any atom is 0.109 e. The molecule has 1 unspecified atom stereocenters. The minimum Gasteiger partial charge on any atom is -0.217 e. The highest BCUT2D eigenvalue weighted by atomic mass is 16.5. The summed E-state index contributed by atoms with van der Waals surface area (Å²) in [7, 11) is 1.88. The van der Waals surface area contributed by atoms with E-state index in [4.69, 9.17) is 0 Å². The first-order valence-corrected chi connectivity index (χ1v) is 4.55. The first-order valence-electron chi connectivity index (χ1n) is 4.55. The van der Waals surface area contributed by atoms with E-state index in [1.807, 2.05) is 7.05 Å². The second-order valence-electron chi connectivity index (χ2n) is 3.97. The molecule has 2 nitrogen and oxygen atoms in total. The molecule has 0 aliphatic rings. The number of quaternary nitrogens is 1. The highest BCUT2D eigenvalue weighted by Crippen LogP contribution is 2.06. The predicted molar refractivity (Wildman–Crippen MR) is 47.5 cm³/mol. The normalized spacial score (nSPS) is 16.9. The van der Waals surface area contributed by atoms with Gasteiger partial charge in [-0.3, -0.25) is 0 Å². The molecule has 1 N–H and O–H groups in total. The second kappa shape index (κ2) is 4.73. The van der Waals surface area contributed by atoms with Gasteiger partial charge in [0.15, 0.2) is 0 Å². The van der Waals surface area contributed by atoms with Gasteiger partial charge in [-0.15, -0.1) is 0 Å². The molecule has 0 saturated carbocycles. The molecule has 0 amide bonds. The number of rotatable bonds is 5. The lowest BCUT2D eigenvalue weighted by Crippen LogP contribution is -2.42. The minimum absolute atomic E-state index is 0.189. The number of hydrogen-bond donors (Lipinski definition) is 1. The Labute approximate surface area is 70.4 Å². The maximum absolute atomic E-state index is 9.70. The third kappa shape index (κ3) is 6.32. The average Bonchev–Trinajstić information content (AvgIpc) is 1.84. The third-order valence-corrected chi connectivity index (χ3v) is 1.89. The summed E-state index contributed by atoms with van der Waals surface area (Å²) in [6.45, 7) is 8.22. The first-order chi connectivity index (χ1) is 4.98. The lowest BCUT2D eigenvalue weighted by atomic mass is 10.1. The summed E-state index contributed by atoms with van der Waals surface area (Å²) in [5, 5.41) is 9.70. The van der Waals surface area contributed by atoms with Gasteiger partial charge in [-0.05, 0) is 12.3 Å². The smallest absolute Gasteiger partial charge is 0.109 e. The number of nitrogens with zero attached hydrogens (tertiary/aromatic N) is 1. The van der Waals surface area contributed by atoms with Gasteiger partial charge in [0.2, 0.25) is 0 Å². The van der Waals surface area contributed by atoms with Crippen LogP contribution in [0.25, 0.3) is 0 Å². The number of hydrogen-bond acceptors (Lipinski definition) is 1. The highest BCUT2D eigenvalue weighted by Gasteiger charge is 2.16. The molecule has 0 aromatic rings. The summed E-state index contributed by atoms with van der Waals surface area (Å²) in [5.74, 6) is 0.691. The van der Waals surface area contributed by atoms with Gasteiger partial charge in [0, 0.05) is 6.42 Å². The van der Waals surface area contributed by atoms with Crippen molar-refractivity contribution in [3.63, 3.8) is 0 Å². The monoisotopic (exact) mass is 160 g/mol. The van der Waals surface area contributed by atoms with Gasteiger partial charge in [-0.1, -0.05) is 20.8 Å². The van der Waals surface area contributed by atoms with Gasteiger partial charge in [0.1, 0.15) is 13.1 Å². The highest BCUT2D eigenvalue weighted by molar-refractivity contribution is 4.42. The van der Waals surface area contributed by atoms with E-state index >= 15 is 0 Å². The van der Waals surface area contributed by atoms with E-state index in [1.165, 1.54) is 0 Å². The molecule has 0 aromatic heterocycles. The van der Waals surface area contributed by atoms with E-state index in [1.54, 1.807) is 0 Å². The first kappa shape index (κ1) is 10.9. The maximum atomic E-state index is 9.70. The van der Waals surface area contributed by atoms with Crippen LogP contribution in [0.15, 0.2) is 0 Å². The topological polar surface area (TPSA) is 20.2 Å². The summed E-state index contributed by atoms with van der Waals surface area (Å²) in [5.41, 5.74) is 0. The van der Waals surface area contributed by atoms with Gasteiger partial charge in [0.25, 0.3) is 0 Å². The van der Waals surface area contributed by atoms with E-state index in [2.05, 4.69) is 20.8 Å². The average molecular weight is 160 g/mol. The quantitative estimate of drug-likeness (QED) is 0.483. The molecular formula is C9H22NO+. The van der Waals surface area contributed by atoms with Crippen LogP contribution in [0.2, 0.25) is 0 Å². The molecule has 0 fully saturated rings. The van der Waals surface area contributed by atoms with E-state index in [0.717, 1.165) is 25.9 Å². The van der Waals surface area contributed by atoms with Gasteiger partial charge < -0.3 is 0 Å². The van der Waals surface area contributed by atoms with Crippen LogP contribution < -0.4 is 0 Å². The van der Waals surface area contributed by atoms with Crippen molar-refractivity contribution in [2.45, 2.75) is 33.6 Å². The minimum atomic E-state index is 0.189. The summed E-state index contributed by atoms with van der Waals surface area (Å²) in [6, 6.07) is 0. The predicted octanol–water partition coefficient (Wildman–Crippen LogP) is 2.28. The van der Waals surface area contributed by atoms with Gasteiger partial charge in [0.05, 0.1) is 7.05 Å². The Bertz CT molecular complexity index is 99.7. The van der Waals surface area contributed by atoms with Crippen LogP contribution in [0.4, 0.5) is 0 Å². The van der Waals surface area contributed by atoms with Crippen LogP contribution in [-0.2, 0) is 0 Å². The Morgan fingerprint density at radius 1 is 1.27 bits per heavy atom. The fourth-order valence-corrected chi connectivity index (χ4v) is 1.13. The largest absolute Gasteiger partial charge is 0.217 e. The van der Waals surface area contributed by atoms with Crippen molar-refractivity contribution in [1.82, 2.24) is 0 Å². The molecule has 0 radical (unpaired) electrons. The van der Waals surface area contributed by atoms with Crippen LogP contribution >= 0.6 is 0 Å². The van der Waals surface area contributed by atoms with Crippen molar-refractivity contribution >= 4 is 0 Å². The zero-order valence-electron chi connectivity index (χ0n) is 8.30. The number of hydroxylamine groups is 3. The van der Waals surface area contributed by atoms with Crippen molar-refractivity contribution in [1.29, 1.82) is 0 Å². The van der Waals surface area contributed by atoms with Crippen molar-refractivity contribution in [3.05, 3.63) is 0 Å². The summed E-state index contributed by atoms with van der Waals surface area (Å²) in [4.78, 5) is 0. The van der Waals surface area contributed by atoms with Crippen LogP contribution in [-0.4, -0.2) is 30.0 Å². The summed E-state index contributed by atoms with van der Waals surface area (Å²) < 4.78 is 0.189. The Balaban J connectivity index is 3.54. The van der Waals surface area contributed by atoms with Crippen LogP contribution in [0.1, 0.15) is 33.6 Å². The van der Waals surface area contributed by atoms with Gasteiger partial charge in [-0.2, -0.15) is 4.65 Å².